The van der Waals surface area contributed by atoms with E-state index in [0.717, 1.165) is 16.9 Å². The van der Waals surface area contributed by atoms with Crippen LogP contribution in [0, 0.1) is 5.82 Å². The molecule has 7 heteroatoms. The molecule has 0 N–H and O–H groups in total. The van der Waals surface area contributed by atoms with E-state index in [4.69, 9.17) is 14.7 Å². The second-order valence-electron chi connectivity index (χ2n) is 7.01. The zero-order valence-corrected chi connectivity index (χ0v) is 16.6. The fourth-order valence-electron chi connectivity index (χ4n) is 3.75. The Balaban J connectivity index is 1.93. The summed E-state index contributed by atoms with van der Waals surface area (Å²) in [5, 5.41) is 0.620. The number of esters is 1. The Morgan fingerprint density at radius 3 is 2.67 bits per heavy atom. The lowest BCUT2D eigenvalue weighted by molar-refractivity contribution is -0.133. The van der Waals surface area contributed by atoms with Crippen LogP contribution in [0.4, 0.5) is 4.39 Å². The van der Waals surface area contributed by atoms with Crippen LogP contribution >= 0.6 is 0 Å². The van der Waals surface area contributed by atoms with Crippen molar-refractivity contribution in [3.63, 3.8) is 0 Å². The Morgan fingerprint density at radius 2 is 1.90 bits per heavy atom. The fraction of sp³-hybridized carbons (Fsp3) is 0.174. The summed E-state index contributed by atoms with van der Waals surface area (Å²) >= 11 is 0. The van der Waals surface area contributed by atoms with Gasteiger partial charge in [-0.15, -0.1) is 0 Å². The van der Waals surface area contributed by atoms with Crippen molar-refractivity contribution in [2.75, 3.05) is 0 Å². The zero-order chi connectivity index (χ0) is 20.8. The van der Waals surface area contributed by atoms with Gasteiger partial charge in [-0.3, -0.25) is 13.8 Å². The first-order valence-corrected chi connectivity index (χ1v) is 9.88. The van der Waals surface area contributed by atoms with Crippen LogP contribution in [0.3, 0.4) is 0 Å². The van der Waals surface area contributed by atoms with E-state index in [2.05, 4.69) is 0 Å². The molecule has 30 heavy (non-hydrogen) atoms. The number of hydrogen-bond acceptors (Lipinski definition) is 4. The van der Waals surface area contributed by atoms with Crippen molar-refractivity contribution in [1.82, 2.24) is 18.9 Å². The standard InChI is InChI=1S/C23H19FN4O2/c1-3-19-26-22-21(23-25-16-10-5-6-11-17(16)28(19)23)18(30-20(29)4-2)13-27(22)15-9-7-8-14(24)12-15/h5-13H,3-4H2,1-2H3. The molecule has 150 valence electrons. The number of imidazole rings is 1. The van der Waals surface area contributed by atoms with Crippen LogP contribution in [0.15, 0.2) is 54.7 Å². The normalized spacial score (nSPS) is 11.6. The van der Waals surface area contributed by atoms with Crippen LogP contribution in [0.1, 0.15) is 26.1 Å². The van der Waals surface area contributed by atoms with Gasteiger partial charge in [-0.05, 0) is 30.3 Å². The van der Waals surface area contributed by atoms with E-state index >= 15 is 0 Å². The highest BCUT2D eigenvalue weighted by Crippen LogP contribution is 2.35. The molecule has 0 aliphatic heterocycles. The van der Waals surface area contributed by atoms with Gasteiger partial charge < -0.3 is 4.74 Å². The molecule has 0 bridgehead atoms. The lowest BCUT2D eigenvalue weighted by Crippen LogP contribution is -2.06. The number of aromatic nitrogens is 4. The molecule has 2 aromatic carbocycles. The molecule has 6 nitrogen and oxygen atoms in total. The van der Waals surface area contributed by atoms with E-state index in [-0.39, 0.29) is 18.2 Å². The van der Waals surface area contributed by atoms with Crippen molar-refractivity contribution in [1.29, 1.82) is 0 Å². The number of fused-ring (bicyclic) bond motifs is 5. The van der Waals surface area contributed by atoms with Gasteiger partial charge in [0.1, 0.15) is 17.0 Å². The number of halogens is 1. The lowest BCUT2D eigenvalue weighted by atomic mass is 10.3. The summed E-state index contributed by atoms with van der Waals surface area (Å²) in [4.78, 5) is 21.8. The number of ether oxygens (including phenoxy) is 1. The van der Waals surface area contributed by atoms with Crippen LogP contribution in [-0.4, -0.2) is 24.9 Å². The molecular weight excluding hydrogens is 383 g/mol. The average molecular weight is 402 g/mol. The fourth-order valence-corrected chi connectivity index (χ4v) is 3.75. The maximum absolute atomic E-state index is 13.9. The minimum atomic E-state index is -0.359. The molecule has 0 saturated carbocycles. The van der Waals surface area contributed by atoms with Gasteiger partial charge in [-0.2, -0.15) is 0 Å². The molecular formula is C23H19FN4O2. The molecule has 0 aliphatic rings. The van der Waals surface area contributed by atoms with E-state index in [1.54, 1.807) is 29.8 Å². The van der Waals surface area contributed by atoms with Gasteiger partial charge >= 0.3 is 5.97 Å². The Hall–Kier alpha value is -3.74. The lowest BCUT2D eigenvalue weighted by Gasteiger charge is -2.08. The van der Waals surface area contributed by atoms with E-state index in [1.165, 1.54) is 12.1 Å². The minimum Gasteiger partial charge on any atom is -0.424 e. The largest absolute Gasteiger partial charge is 0.424 e. The molecule has 5 aromatic rings. The number of hydrogen-bond donors (Lipinski definition) is 0. The molecule has 0 aliphatic carbocycles. The number of benzene rings is 2. The summed E-state index contributed by atoms with van der Waals surface area (Å²) in [6.07, 6.45) is 2.59. The molecule has 0 spiro atoms. The smallest absolute Gasteiger partial charge is 0.310 e. The Morgan fingerprint density at radius 1 is 1.07 bits per heavy atom. The number of nitrogens with zero attached hydrogens (tertiary/aromatic N) is 4. The molecule has 3 heterocycles. The van der Waals surface area contributed by atoms with Crippen LogP contribution in [0.2, 0.25) is 0 Å². The summed E-state index contributed by atoms with van der Waals surface area (Å²) < 4.78 is 23.3. The van der Waals surface area contributed by atoms with Gasteiger partial charge in [0.2, 0.25) is 0 Å². The maximum atomic E-state index is 13.9. The Kier molecular flexibility index (Phi) is 4.24. The molecule has 0 amide bonds. The molecule has 0 radical (unpaired) electrons. The summed E-state index contributed by atoms with van der Waals surface area (Å²) in [6, 6.07) is 14.0. The molecule has 3 aromatic heterocycles. The summed E-state index contributed by atoms with van der Waals surface area (Å²) in [5.74, 6) is 0.457. The Labute approximate surface area is 171 Å². The molecule has 0 saturated heterocycles. The van der Waals surface area contributed by atoms with Gasteiger partial charge in [0.15, 0.2) is 17.0 Å². The zero-order valence-electron chi connectivity index (χ0n) is 16.6. The SMILES string of the molecule is CCC(=O)Oc1cn(-c2cccc(F)c2)c2nc(CC)n3c4ccccc4nc3c12. The van der Waals surface area contributed by atoms with Crippen LogP contribution in [-0.2, 0) is 11.2 Å². The topological polar surface area (TPSA) is 61.4 Å². The first kappa shape index (κ1) is 18.3. The molecule has 5 rings (SSSR count). The van der Waals surface area contributed by atoms with Gasteiger partial charge in [0.05, 0.1) is 22.9 Å². The summed E-state index contributed by atoms with van der Waals surface area (Å²) in [6.45, 7) is 3.76. The molecule has 0 atom stereocenters. The number of carbonyl (C=O) groups excluding carboxylic acids is 1. The van der Waals surface area contributed by atoms with E-state index < -0.39 is 0 Å². The monoisotopic (exact) mass is 402 g/mol. The van der Waals surface area contributed by atoms with E-state index in [0.29, 0.717) is 34.5 Å². The maximum Gasteiger partial charge on any atom is 0.310 e. The average Bonchev–Trinajstić information content (AvgIpc) is 3.31. The minimum absolute atomic E-state index is 0.236. The van der Waals surface area contributed by atoms with Crippen molar-refractivity contribution in [3.8, 4) is 11.4 Å². The van der Waals surface area contributed by atoms with E-state index in [1.807, 2.05) is 35.6 Å². The summed E-state index contributed by atoms with van der Waals surface area (Å²) in [5.41, 5.74) is 3.58. The number of rotatable bonds is 4. The molecule has 0 unspecified atom stereocenters. The molecule has 0 fully saturated rings. The second kappa shape index (κ2) is 6.95. The van der Waals surface area contributed by atoms with Crippen molar-refractivity contribution in [2.24, 2.45) is 0 Å². The van der Waals surface area contributed by atoms with Crippen molar-refractivity contribution >= 4 is 33.7 Å². The van der Waals surface area contributed by atoms with Crippen molar-refractivity contribution < 1.29 is 13.9 Å². The first-order valence-electron chi connectivity index (χ1n) is 9.88. The third kappa shape index (κ3) is 2.74. The van der Waals surface area contributed by atoms with Crippen LogP contribution in [0.25, 0.3) is 33.4 Å². The third-order valence-electron chi connectivity index (χ3n) is 5.14. The predicted octanol–water partition coefficient (Wildman–Crippen LogP) is 4.84. The van der Waals surface area contributed by atoms with Gasteiger partial charge in [-0.25, -0.2) is 14.4 Å². The predicted molar refractivity (Wildman–Crippen MR) is 113 cm³/mol. The summed E-state index contributed by atoms with van der Waals surface area (Å²) in [7, 11) is 0. The first-order chi connectivity index (χ1) is 14.6. The number of carbonyl (C=O) groups is 1. The second-order valence-corrected chi connectivity index (χ2v) is 7.01. The van der Waals surface area contributed by atoms with Crippen molar-refractivity contribution in [2.45, 2.75) is 26.7 Å². The quantitative estimate of drug-likeness (QED) is 0.404. The Bertz CT molecular complexity index is 1430. The number of para-hydroxylation sites is 2. The van der Waals surface area contributed by atoms with Crippen molar-refractivity contribution in [3.05, 3.63) is 66.4 Å². The third-order valence-corrected chi connectivity index (χ3v) is 5.14. The van der Waals surface area contributed by atoms with Crippen LogP contribution < -0.4 is 4.74 Å². The highest BCUT2D eigenvalue weighted by Gasteiger charge is 2.22. The van der Waals surface area contributed by atoms with Crippen LogP contribution in [0.5, 0.6) is 5.75 Å². The van der Waals surface area contributed by atoms with E-state index in [9.17, 15) is 9.18 Å². The highest BCUT2D eigenvalue weighted by molar-refractivity contribution is 6.01. The number of aryl methyl sites for hydroxylation is 1. The van der Waals surface area contributed by atoms with Gasteiger partial charge in [0, 0.05) is 12.8 Å². The highest BCUT2D eigenvalue weighted by atomic mass is 19.1. The van der Waals surface area contributed by atoms with Gasteiger partial charge in [-0.1, -0.05) is 32.0 Å². The van der Waals surface area contributed by atoms with Gasteiger partial charge in [0.25, 0.3) is 0 Å².